The number of alkyl halides is 3. The molecule has 2 rings (SSSR count). The van der Waals surface area contributed by atoms with Crippen molar-refractivity contribution in [3.8, 4) is 11.1 Å². The van der Waals surface area contributed by atoms with Crippen LogP contribution in [-0.4, -0.2) is 16.1 Å². The second-order valence-electron chi connectivity index (χ2n) is 4.50. The van der Waals surface area contributed by atoms with E-state index in [9.17, 15) is 18.0 Å². The summed E-state index contributed by atoms with van der Waals surface area (Å²) in [4.78, 5) is 14.3. The van der Waals surface area contributed by atoms with Crippen LogP contribution in [0.15, 0.2) is 24.3 Å². The molecule has 122 valence electrons. The Hall–Kier alpha value is -1.50. The van der Waals surface area contributed by atoms with E-state index < -0.39 is 24.3 Å². The molecular weight excluding hydrogens is 378 g/mol. The van der Waals surface area contributed by atoms with Crippen LogP contribution < -0.4 is 0 Å². The Bertz CT molecular complexity index is 755. The number of aliphatic carboxylic acids is 1. The monoisotopic (exact) mass is 383 g/mol. The lowest BCUT2D eigenvalue weighted by Gasteiger charge is -2.14. The van der Waals surface area contributed by atoms with Gasteiger partial charge in [0.15, 0.2) is 0 Å². The van der Waals surface area contributed by atoms with E-state index in [0.717, 1.165) is 12.1 Å². The van der Waals surface area contributed by atoms with Crippen LogP contribution in [0.3, 0.4) is 0 Å². The largest absolute Gasteiger partial charge is 0.481 e. The molecule has 0 fully saturated rings. The van der Waals surface area contributed by atoms with Crippen molar-refractivity contribution in [3.63, 3.8) is 0 Å². The van der Waals surface area contributed by atoms with Crippen molar-refractivity contribution >= 4 is 40.8 Å². The van der Waals surface area contributed by atoms with E-state index >= 15 is 0 Å². The van der Waals surface area contributed by atoms with Crippen molar-refractivity contribution in [2.75, 3.05) is 0 Å². The van der Waals surface area contributed by atoms with Gasteiger partial charge in [-0.3, -0.25) is 4.79 Å². The number of carbonyl (C=O) groups is 1. The lowest BCUT2D eigenvalue weighted by atomic mass is 10.0. The van der Waals surface area contributed by atoms with Crippen molar-refractivity contribution in [2.45, 2.75) is 12.6 Å². The van der Waals surface area contributed by atoms with Crippen molar-refractivity contribution in [2.24, 2.45) is 0 Å². The first-order valence-corrected chi connectivity index (χ1v) is 7.17. The number of pyridine rings is 1. The average molecular weight is 385 g/mol. The number of aromatic nitrogens is 1. The van der Waals surface area contributed by atoms with Gasteiger partial charge in [0.2, 0.25) is 0 Å². The minimum absolute atomic E-state index is 0.0793. The Morgan fingerprint density at radius 1 is 1.13 bits per heavy atom. The highest BCUT2D eigenvalue weighted by Crippen LogP contribution is 2.39. The predicted molar refractivity (Wildman–Crippen MR) is 81.0 cm³/mol. The zero-order valence-corrected chi connectivity index (χ0v) is 13.4. The second kappa shape index (κ2) is 6.55. The summed E-state index contributed by atoms with van der Waals surface area (Å²) in [5.74, 6) is -1.33. The normalized spacial score (nSPS) is 11.6. The zero-order chi connectivity index (χ0) is 17.4. The molecule has 0 unspecified atom stereocenters. The fourth-order valence-electron chi connectivity index (χ4n) is 1.96. The van der Waals surface area contributed by atoms with Gasteiger partial charge in [-0.25, -0.2) is 4.98 Å². The lowest BCUT2D eigenvalue weighted by Crippen LogP contribution is -2.12. The van der Waals surface area contributed by atoms with E-state index in [4.69, 9.17) is 39.9 Å². The summed E-state index contributed by atoms with van der Waals surface area (Å²) in [5, 5.41) is 9.30. The van der Waals surface area contributed by atoms with Gasteiger partial charge in [0, 0.05) is 16.1 Å². The molecular formula is C14H7Cl3F3NO2. The standard InChI is InChI=1S/C14H7Cl3F3NO2/c15-6-3-8(16)13(9(17)4-6)7-1-2-11(14(18,19)20)21-10(7)5-12(22)23/h1-4H,5H2,(H,22,23). The molecule has 0 saturated heterocycles. The molecule has 0 atom stereocenters. The average Bonchev–Trinajstić information content (AvgIpc) is 2.37. The van der Waals surface area contributed by atoms with Crippen LogP contribution >= 0.6 is 34.8 Å². The van der Waals surface area contributed by atoms with Gasteiger partial charge in [0.1, 0.15) is 5.69 Å². The quantitative estimate of drug-likeness (QED) is 0.775. The van der Waals surface area contributed by atoms with Crippen LogP contribution in [0.1, 0.15) is 11.4 Å². The summed E-state index contributed by atoms with van der Waals surface area (Å²) >= 11 is 17.9. The van der Waals surface area contributed by atoms with E-state index in [1.807, 2.05) is 0 Å². The molecule has 9 heteroatoms. The summed E-state index contributed by atoms with van der Waals surface area (Å²) < 4.78 is 38.3. The Morgan fingerprint density at radius 2 is 1.70 bits per heavy atom. The fraction of sp³-hybridized carbons (Fsp3) is 0.143. The highest BCUT2D eigenvalue weighted by atomic mass is 35.5. The number of rotatable bonds is 3. The Balaban J connectivity index is 2.69. The molecule has 0 spiro atoms. The third-order valence-corrected chi connectivity index (χ3v) is 3.67. The van der Waals surface area contributed by atoms with Gasteiger partial charge in [-0.2, -0.15) is 13.2 Å². The topological polar surface area (TPSA) is 50.2 Å². The highest BCUT2D eigenvalue weighted by Gasteiger charge is 2.33. The molecule has 1 aromatic heterocycles. The molecule has 1 N–H and O–H groups in total. The number of carboxylic acids is 1. The molecule has 23 heavy (non-hydrogen) atoms. The maximum atomic E-state index is 12.8. The van der Waals surface area contributed by atoms with Gasteiger partial charge in [-0.15, -0.1) is 0 Å². The summed E-state index contributed by atoms with van der Waals surface area (Å²) in [7, 11) is 0. The molecule has 2 aromatic rings. The number of nitrogens with zero attached hydrogens (tertiary/aromatic N) is 1. The third kappa shape index (κ3) is 4.07. The summed E-state index contributed by atoms with van der Waals surface area (Å²) in [6, 6.07) is 4.54. The molecule has 1 aromatic carbocycles. The van der Waals surface area contributed by atoms with Crippen LogP contribution in [0.25, 0.3) is 11.1 Å². The minimum atomic E-state index is -4.70. The van der Waals surface area contributed by atoms with Gasteiger partial charge in [0.05, 0.1) is 22.2 Å². The van der Waals surface area contributed by atoms with Gasteiger partial charge in [0.25, 0.3) is 0 Å². The molecule has 0 saturated carbocycles. The summed E-state index contributed by atoms with van der Waals surface area (Å²) in [6.45, 7) is 0. The SMILES string of the molecule is O=C(O)Cc1nc(C(F)(F)F)ccc1-c1c(Cl)cc(Cl)cc1Cl. The highest BCUT2D eigenvalue weighted by molar-refractivity contribution is 6.41. The lowest BCUT2D eigenvalue weighted by molar-refractivity contribution is -0.142. The molecule has 3 nitrogen and oxygen atoms in total. The van der Waals surface area contributed by atoms with E-state index in [2.05, 4.69) is 4.98 Å². The first-order valence-electron chi connectivity index (χ1n) is 6.03. The van der Waals surface area contributed by atoms with Crippen molar-refractivity contribution in [3.05, 3.63) is 50.7 Å². The van der Waals surface area contributed by atoms with E-state index in [1.54, 1.807) is 0 Å². The molecule has 0 radical (unpaired) electrons. The van der Waals surface area contributed by atoms with Gasteiger partial charge >= 0.3 is 12.1 Å². The Labute approximate surface area is 143 Å². The number of halogens is 6. The van der Waals surface area contributed by atoms with E-state index in [-0.39, 0.29) is 31.9 Å². The zero-order valence-electron chi connectivity index (χ0n) is 11.1. The Kier molecular flexibility index (Phi) is 5.08. The molecule has 0 amide bonds. The smallest absolute Gasteiger partial charge is 0.433 e. The molecule has 0 aliphatic carbocycles. The van der Waals surface area contributed by atoms with Crippen LogP contribution in [0.4, 0.5) is 13.2 Å². The second-order valence-corrected chi connectivity index (χ2v) is 5.75. The van der Waals surface area contributed by atoms with Crippen LogP contribution in [-0.2, 0) is 17.4 Å². The number of carboxylic acid groups (broad SMARTS) is 1. The van der Waals surface area contributed by atoms with Crippen LogP contribution in [0, 0.1) is 0 Å². The third-order valence-electron chi connectivity index (χ3n) is 2.86. The number of hydrogen-bond donors (Lipinski definition) is 1. The molecule has 0 aliphatic heterocycles. The minimum Gasteiger partial charge on any atom is -0.481 e. The van der Waals surface area contributed by atoms with Crippen molar-refractivity contribution < 1.29 is 23.1 Å². The summed E-state index contributed by atoms with van der Waals surface area (Å²) in [6.07, 6.45) is -5.41. The van der Waals surface area contributed by atoms with Gasteiger partial charge in [-0.1, -0.05) is 40.9 Å². The number of benzene rings is 1. The van der Waals surface area contributed by atoms with E-state index in [0.29, 0.717) is 0 Å². The maximum Gasteiger partial charge on any atom is 0.433 e. The fourth-order valence-corrected chi connectivity index (χ4v) is 2.98. The first-order chi connectivity index (χ1) is 10.6. The molecule has 0 aliphatic rings. The first kappa shape index (κ1) is 17.8. The van der Waals surface area contributed by atoms with E-state index in [1.165, 1.54) is 12.1 Å². The van der Waals surface area contributed by atoms with Crippen molar-refractivity contribution in [1.29, 1.82) is 0 Å². The molecule has 0 bridgehead atoms. The van der Waals surface area contributed by atoms with Gasteiger partial charge < -0.3 is 5.11 Å². The van der Waals surface area contributed by atoms with Gasteiger partial charge in [-0.05, 0) is 18.2 Å². The molecule has 1 heterocycles. The Morgan fingerprint density at radius 3 is 2.17 bits per heavy atom. The predicted octanol–water partition coefficient (Wildman–Crippen LogP) is 5.35. The van der Waals surface area contributed by atoms with Crippen LogP contribution in [0.5, 0.6) is 0 Å². The maximum absolute atomic E-state index is 12.8. The summed E-state index contributed by atoms with van der Waals surface area (Å²) in [5.41, 5.74) is -1.21. The number of hydrogen-bond acceptors (Lipinski definition) is 2. The van der Waals surface area contributed by atoms with Crippen molar-refractivity contribution in [1.82, 2.24) is 4.98 Å². The van der Waals surface area contributed by atoms with Crippen LogP contribution in [0.2, 0.25) is 15.1 Å².